The number of likely N-dealkylation sites (N-methyl/N-ethyl adjacent to an activating group) is 1. The fraction of sp³-hybridized carbons (Fsp3) is 0.414. The van der Waals surface area contributed by atoms with Gasteiger partial charge in [-0.15, -0.1) is 0 Å². The number of carbonyl (C=O) groups excluding carboxylic acids is 3. The summed E-state index contributed by atoms with van der Waals surface area (Å²) in [4.78, 5) is 39.5. The van der Waals surface area contributed by atoms with Crippen molar-refractivity contribution in [2.24, 2.45) is 0 Å². The van der Waals surface area contributed by atoms with Crippen LogP contribution in [0.3, 0.4) is 0 Å². The molecule has 0 radical (unpaired) electrons. The minimum absolute atomic E-state index is 0.0295. The Morgan fingerprint density at radius 2 is 1.54 bits per heavy atom. The predicted molar refractivity (Wildman–Crippen MR) is 137 cm³/mol. The zero-order valence-electron chi connectivity index (χ0n) is 21.0. The molecule has 1 atom stereocenters. The minimum Gasteiger partial charge on any atom is -0.461 e. The number of esters is 1. The highest BCUT2D eigenvalue weighted by Gasteiger charge is 2.27. The summed E-state index contributed by atoms with van der Waals surface area (Å²) in [5.41, 5.74) is 3.61. The van der Waals surface area contributed by atoms with Gasteiger partial charge in [0.1, 0.15) is 12.6 Å². The molecule has 0 aromatic heterocycles. The number of amides is 1. The van der Waals surface area contributed by atoms with Gasteiger partial charge in [0.2, 0.25) is 5.91 Å². The number of carbonyl (C=O) groups is 3. The second kappa shape index (κ2) is 13.0. The molecule has 1 aliphatic rings. The Labute approximate surface area is 208 Å². The molecule has 1 aliphatic carbocycles. The minimum atomic E-state index is -0.586. The number of nitrogens with one attached hydrogen (secondary N) is 1. The summed E-state index contributed by atoms with van der Waals surface area (Å²) in [5, 5.41) is 3.23. The van der Waals surface area contributed by atoms with E-state index in [-0.39, 0.29) is 24.3 Å². The lowest BCUT2D eigenvalue weighted by Gasteiger charge is -2.30. The van der Waals surface area contributed by atoms with Crippen molar-refractivity contribution >= 4 is 17.7 Å². The van der Waals surface area contributed by atoms with Crippen molar-refractivity contribution in [1.82, 2.24) is 10.2 Å². The van der Waals surface area contributed by atoms with Crippen molar-refractivity contribution in [2.45, 2.75) is 58.0 Å². The monoisotopic (exact) mass is 476 g/mol. The topological polar surface area (TPSA) is 75.7 Å². The van der Waals surface area contributed by atoms with E-state index in [2.05, 4.69) is 5.32 Å². The van der Waals surface area contributed by atoms with Gasteiger partial charge in [-0.05, 0) is 45.4 Å². The molecule has 3 rings (SSSR count). The van der Waals surface area contributed by atoms with E-state index >= 15 is 0 Å². The molecule has 1 fully saturated rings. The summed E-state index contributed by atoms with van der Waals surface area (Å²) < 4.78 is 5.30. The van der Waals surface area contributed by atoms with Crippen LogP contribution in [-0.4, -0.2) is 48.8 Å². The molecule has 1 N–H and O–H groups in total. The molecule has 6 nitrogen and oxygen atoms in total. The van der Waals surface area contributed by atoms with Gasteiger partial charge >= 0.3 is 5.97 Å². The molecular weight excluding hydrogens is 440 g/mol. The van der Waals surface area contributed by atoms with Gasteiger partial charge in [-0.3, -0.25) is 14.5 Å². The Bertz CT molecular complexity index is 1020. The largest absolute Gasteiger partial charge is 0.461 e. The van der Waals surface area contributed by atoms with E-state index in [1.807, 2.05) is 62.2 Å². The Balaban J connectivity index is 1.56. The molecule has 1 unspecified atom stereocenters. The number of hydrogen-bond acceptors (Lipinski definition) is 5. The highest BCUT2D eigenvalue weighted by molar-refractivity contribution is 6.07. The number of hydrogen-bond donors (Lipinski definition) is 1. The van der Waals surface area contributed by atoms with E-state index in [0.29, 0.717) is 12.1 Å². The Morgan fingerprint density at radius 1 is 0.943 bits per heavy atom. The second-order valence-electron chi connectivity index (χ2n) is 9.37. The van der Waals surface area contributed by atoms with Gasteiger partial charge in [-0.2, -0.15) is 0 Å². The first-order chi connectivity index (χ1) is 16.8. The number of allylic oxidation sites excluding steroid dienone is 1. The van der Waals surface area contributed by atoms with Gasteiger partial charge in [-0.25, -0.2) is 4.79 Å². The summed E-state index contributed by atoms with van der Waals surface area (Å²) in [7, 11) is 1.86. The van der Waals surface area contributed by atoms with Crippen molar-refractivity contribution in [3.8, 4) is 0 Å². The maximum atomic E-state index is 13.3. The molecule has 2 aromatic rings. The van der Waals surface area contributed by atoms with E-state index in [4.69, 9.17) is 4.74 Å². The number of rotatable bonds is 10. The fourth-order valence-corrected chi connectivity index (χ4v) is 4.31. The first-order valence-corrected chi connectivity index (χ1v) is 12.4. The smallest absolute Gasteiger partial charge is 0.330 e. The standard InChI is InChI=1S/C29H36N2O4/c1-21-9-13-23(14-10-21)26(32)17-18-27(33)35-20-19-31(3)28(24-15-11-22(2)12-16-24)29(34)30-25-7-5-4-6-8-25/h9-18,25,28H,4-8,19-20H2,1-3H3,(H,30,34). The number of nitrogens with zero attached hydrogens (tertiary/aromatic N) is 1. The van der Waals surface area contributed by atoms with Crippen LogP contribution >= 0.6 is 0 Å². The fourth-order valence-electron chi connectivity index (χ4n) is 4.31. The normalized spacial score (nSPS) is 15.2. The summed E-state index contributed by atoms with van der Waals surface area (Å²) in [6.45, 7) is 4.45. The average Bonchev–Trinajstić information content (AvgIpc) is 2.85. The maximum absolute atomic E-state index is 13.3. The third kappa shape index (κ3) is 8.18. The lowest BCUT2D eigenvalue weighted by molar-refractivity contribution is -0.138. The number of ketones is 1. The lowest BCUT2D eigenvalue weighted by Crippen LogP contribution is -2.44. The first-order valence-electron chi connectivity index (χ1n) is 12.4. The first kappa shape index (κ1) is 26.4. The summed E-state index contributed by atoms with van der Waals surface area (Å²) in [5.74, 6) is -0.867. The average molecular weight is 477 g/mol. The maximum Gasteiger partial charge on any atom is 0.330 e. The SMILES string of the molecule is Cc1ccc(C(=O)C=CC(=O)OCCN(C)C(C(=O)NC2CCCCC2)c2ccc(C)cc2)cc1. The quantitative estimate of drug-likeness (QED) is 0.305. The predicted octanol–water partition coefficient (Wildman–Crippen LogP) is 4.71. The molecule has 6 heteroatoms. The molecular formula is C29H36N2O4. The second-order valence-corrected chi connectivity index (χ2v) is 9.37. The van der Waals surface area contributed by atoms with E-state index in [9.17, 15) is 14.4 Å². The van der Waals surface area contributed by atoms with Crippen molar-refractivity contribution in [1.29, 1.82) is 0 Å². The van der Waals surface area contributed by atoms with E-state index in [0.717, 1.165) is 48.4 Å². The number of ether oxygens (including phenoxy) is 1. The highest BCUT2D eigenvalue weighted by Crippen LogP contribution is 2.23. The third-order valence-corrected chi connectivity index (χ3v) is 6.43. The van der Waals surface area contributed by atoms with Crippen molar-refractivity contribution < 1.29 is 19.1 Å². The molecule has 0 bridgehead atoms. The van der Waals surface area contributed by atoms with Crippen LogP contribution in [0.25, 0.3) is 0 Å². The summed E-state index contributed by atoms with van der Waals surface area (Å²) in [6, 6.07) is 14.8. The van der Waals surface area contributed by atoms with Crippen LogP contribution in [-0.2, 0) is 14.3 Å². The van der Waals surface area contributed by atoms with Gasteiger partial charge in [0.25, 0.3) is 0 Å². The summed E-state index contributed by atoms with van der Waals surface area (Å²) >= 11 is 0. The van der Waals surface area contributed by atoms with Gasteiger partial charge in [0.15, 0.2) is 5.78 Å². The molecule has 2 aromatic carbocycles. The third-order valence-electron chi connectivity index (χ3n) is 6.43. The van der Waals surface area contributed by atoms with Crippen LogP contribution in [0, 0.1) is 13.8 Å². The molecule has 1 saturated carbocycles. The Morgan fingerprint density at radius 3 is 2.17 bits per heavy atom. The van der Waals surface area contributed by atoms with Crippen LogP contribution in [0.2, 0.25) is 0 Å². The molecule has 0 aliphatic heterocycles. The zero-order valence-corrected chi connectivity index (χ0v) is 21.0. The van der Waals surface area contributed by atoms with Crippen LogP contribution in [0.15, 0.2) is 60.7 Å². The zero-order chi connectivity index (χ0) is 25.2. The van der Waals surface area contributed by atoms with Gasteiger partial charge in [0.05, 0.1) is 0 Å². The molecule has 35 heavy (non-hydrogen) atoms. The van der Waals surface area contributed by atoms with Crippen LogP contribution in [0.1, 0.15) is 65.2 Å². The Kier molecular flexibility index (Phi) is 9.79. The van der Waals surface area contributed by atoms with Crippen LogP contribution < -0.4 is 5.32 Å². The summed E-state index contributed by atoms with van der Waals surface area (Å²) in [6.07, 6.45) is 7.92. The molecule has 0 heterocycles. The number of benzene rings is 2. The molecule has 186 valence electrons. The van der Waals surface area contributed by atoms with Gasteiger partial charge in [-0.1, -0.05) is 78.9 Å². The van der Waals surface area contributed by atoms with Crippen molar-refractivity contribution in [2.75, 3.05) is 20.2 Å². The van der Waals surface area contributed by atoms with Crippen LogP contribution in [0.5, 0.6) is 0 Å². The highest BCUT2D eigenvalue weighted by atomic mass is 16.5. The lowest BCUT2D eigenvalue weighted by atomic mass is 9.94. The molecule has 0 saturated heterocycles. The van der Waals surface area contributed by atoms with Gasteiger partial charge < -0.3 is 10.1 Å². The van der Waals surface area contributed by atoms with E-state index < -0.39 is 12.0 Å². The number of aryl methyl sites for hydroxylation is 2. The molecule has 1 amide bonds. The van der Waals surface area contributed by atoms with Gasteiger partial charge in [0, 0.05) is 24.2 Å². The van der Waals surface area contributed by atoms with Crippen molar-refractivity contribution in [3.63, 3.8) is 0 Å². The van der Waals surface area contributed by atoms with Crippen molar-refractivity contribution in [3.05, 3.63) is 82.9 Å². The van der Waals surface area contributed by atoms with Crippen LogP contribution in [0.4, 0.5) is 0 Å². The van der Waals surface area contributed by atoms with E-state index in [1.165, 1.54) is 12.5 Å². The Hall–Kier alpha value is -3.25. The molecule has 0 spiro atoms. The van der Waals surface area contributed by atoms with E-state index in [1.54, 1.807) is 12.1 Å².